The van der Waals surface area contributed by atoms with Crippen LogP contribution in [0.25, 0.3) is 0 Å². The molecule has 0 atom stereocenters. The van der Waals surface area contributed by atoms with E-state index in [0.29, 0.717) is 10.6 Å². The van der Waals surface area contributed by atoms with Crippen LogP contribution < -0.4 is 0 Å². The van der Waals surface area contributed by atoms with Crippen LogP contribution in [0.2, 0.25) is 5.02 Å². The molecule has 0 radical (unpaired) electrons. The number of hydrogen-bond donors (Lipinski definition) is 1. The van der Waals surface area contributed by atoms with Gasteiger partial charge in [-0.15, -0.1) is 0 Å². The standard InChI is InChI=1S/C7H6BrClO3S/c1-4-2-7(13(10,11)12)5(8)3-6(4)9/h2-3H,1H3,(H,10,11,12). The van der Waals surface area contributed by atoms with E-state index in [1.165, 1.54) is 12.1 Å². The monoisotopic (exact) mass is 284 g/mol. The molecule has 0 aliphatic carbocycles. The summed E-state index contributed by atoms with van der Waals surface area (Å²) in [6, 6.07) is 2.74. The van der Waals surface area contributed by atoms with Gasteiger partial charge in [0.15, 0.2) is 0 Å². The lowest BCUT2D eigenvalue weighted by atomic mass is 10.2. The lowest BCUT2D eigenvalue weighted by Gasteiger charge is -2.03. The smallest absolute Gasteiger partial charge is 0.282 e. The maximum absolute atomic E-state index is 10.8. The fraction of sp³-hybridized carbons (Fsp3) is 0.143. The minimum atomic E-state index is -4.18. The molecule has 1 rings (SSSR count). The van der Waals surface area contributed by atoms with E-state index < -0.39 is 10.1 Å². The van der Waals surface area contributed by atoms with Crippen molar-refractivity contribution in [1.82, 2.24) is 0 Å². The SMILES string of the molecule is Cc1cc(S(=O)(=O)O)c(Br)cc1Cl. The van der Waals surface area contributed by atoms with Crippen LogP contribution in [0.5, 0.6) is 0 Å². The van der Waals surface area contributed by atoms with Gasteiger partial charge in [0.25, 0.3) is 10.1 Å². The van der Waals surface area contributed by atoms with Crippen molar-refractivity contribution in [3.8, 4) is 0 Å². The Kier molecular flexibility index (Phi) is 3.01. The molecule has 1 aromatic carbocycles. The van der Waals surface area contributed by atoms with Crippen LogP contribution in [0.3, 0.4) is 0 Å². The van der Waals surface area contributed by atoms with Crippen LogP contribution in [0.4, 0.5) is 0 Å². The van der Waals surface area contributed by atoms with Crippen molar-refractivity contribution >= 4 is 37.6 Å². The summed E-state index contributed by atoms with van der Waals surface area (Å²) in [4.78, 5) is -0.172. The zero-order valence-electron chi connectivity index (χ0n) is 6.58. The van der Waals surface area contributed by atoms with Gasteiger partial charge in [-0.3, -0.25) is 4.55 Å². The molecule has 0 amide bonds. The summed E-state index contributed by atoms with van der Waals surface area (Å²) in [5, 5.41) is 0.444. The summed E-state index contributed by atoms with van der Waals surface area (Å²) >= 11 is 8.72. The van der Waals surface area contributed by atoms with Crippen LogP contribution in [-0.4, -0.2) is 13.0 Å². The van der Waals surface area contributed by atoms with Crippen LogP contribution in [0.15, 0.2) is 21.5 Å². The average molecular weight is 286 g/mol. The highest BCUT2D eigenvalue weighted by atomic mass is 79.9. The van der Waals surface area contributed by atoms with E-state index in [0.717, 1.165) is 0 Å². The van der Waals surface area contributed by atoms with Crippen molar-refractivity contribution in [2.24, 2.45) is 0 Å². The molecule has 0 spiro atoms. The quantitative estimate of drug-likeness (QED) is 0.807. The van der Waals surface area contributed by atoms with E-state index in [1.54, 1.807) is 6.92 Å². The molecule has 0 saturated heterocycles. The topological polar surface area (TPSA) is 54.4 Å². The highest BCUT2D eigenvalue weighted by Crippen LogP contribution is 2.28. The van der Waals surface area contributed by atoms with Gasteiger partial charge in [0.05, 0.1) is 0 Å². The number of halogens is 2. The van der Waals surface area contributed by atoms with Gasteiger partial charge in [-0.05, 0) is 40.5 Å². The summed E-state index contributed by atoms with van der Waals surface area (Å²) in [7, 11) is -4.18. The second-order valence-electron chi connectivity index (χ2n) is 2.51. The van der Waals surface area contributed by atoms with E-state index in [2.05, 4.69) is 15.9 Å². The highest BCUT2D eigenvalue weighted by molar-refractivity contribution is 9.10. The summed E-state index contributed by atoms with van der Waals surface area (Å²) < 4.78 is 30.6. The van der Waals surface area contributed by atoms with E-state index in [4.69, 9.17) is 16.2 Å². The second kappa shape index (κ2) is 3.57. The molecule has 0 fully saturated rings. The molecular weight excluding hydrogens is 279 g/mol. The number of hydrogen-bond acceptors (Lipinski definition) is 2. The predicted octanol–water partition coefficient (Wildman–Crippen LogP) is 2.66. The predicted molar refractivity (Wildman–Crippen MR) is 53.7 cm³/mol. The van der Waals surface area contributed by atoms with Crippen molar-refractivity contribution in [2.75, 3.05) is 0 Å². The minimum Gasteiger partial charge on any atom is -0.282 e. The van der Waals surface area contributed by atoms with Crippen LogP contribution >= 0.6 is 27.5 Å². The lowest BCUT2D eigenvalue weighted by molar-refractivity contribution is 0.482. The van der Waals surface area contributed by atoms with Crippen molar-refractivity contribution < 1.29 is 13.0 Å². The summed E-state index contributed by atoms with van der Waals surface area (Å²) in [6.45, 7) is 1.66. The average Bonchev–Trinajstić information content (AvgIpc) is 1.94. The first-order valence-electron chi connectivity index (χ1n) is 3.25. The van der Waals surface area contributed by atoms with Gasteiger partial charge in [0.2, 0.25) is 0 Å². The number of benzene rings is 1. The molecule has 0 aliphatic rings. The minimum absolute atomic E-state index is 0.172. The Morgan fingerprint density at radius 1 is 1.46 bits per heavy atom. The Hall–Kier alpha value is -0.100. The van der Waals surface area contributed by atoms with Crippen LogP contribution in [-0.2, 0) is 10.1 Å². The van der Waals surface area contributed by atoms with Gasteiger partial charge in [-0.1, -0.05) is 11.6 Å². The molecule has 6 heteroatoms. The Morgan fingerprint density at radius 2 is 2.00 bits per heavy atom. The van der Waals surface area contributed by atoms with Crippen molar-refractivity contribution in [3.63, 3.8) is 0 Å². The Labute approximate surface area is 89.6 Å². The molecular formula is C7H6BrClO3S. The Balaban J connectivity index is 3.50. The summed E-state index contributed by atoms with van der Waals surface area (Å²) in [6.07, 6.45) is 0. The fourth-order valence-corrected chi connectivity index (χ4v) is 2.71. The van der Waals surface area contributed by atoms with Gasteiger partial charge in [0, 0.05) is 9.50 Å². The molecule has 0 aromatic heterocycles. The maximum Gasteiger partial charge on any atom is 0.295 e. The third kappa shape index (κ3) is 2.43. The fourth-order valence-electron chi connectivity index (χ4n) is 0.828. The Bertz CT molecular complexity index is 441. The lowest BCUT2D eigenvalue weighted by Crippen LogP contribution is -1.99. The second-order valence-corrected chi connectivity index (χ2v) is 5.16. The van der Waals surface area contributed by atoms with Gasteiger partial charge < -0.3 is 0 Å². The molecule has 0 unspecified atom stereocenters. The van der Waals surface area contributed by atoms with Gasteiger partial charge in [-0.2, -0.15) is 8.42 Å². The normalized spacial score (nSPS) is 11.7. The highest BCUT2D eigenvalue weighted by Gasteiger charge is 2.15. The zero-order chi connectivity index (χ0) is 10.2. The molecule has 0 heterocycles. The van der Waals surface area contributed by atoms with Crippen molar-refractivity contribution in [2.45, 2.75) is 11.8 Å². The first-order chi connectivity index (χ1) is 5.82. The Morgan fingerprint density at radius 3 is 2.46 bits per heavy atom. The van der Waals surface area contributed by atoms with Crippen LogP contribution in [0.1, 0.15) is 5.56 Å². The van der Waals surface area contributed by atoms with E-state index in [-0.39, 0.29) is 9.37 Å². The number of rotatable bonds is 1. The number of aryl methyl sites for hydroxylation is 1. The molecule has 0 saturated carbocycles. The molecule has 72 valence electrons. The van der Waals surface area contributed by atoms with Crippen molar-refractivity contribution in [3.05, 3.63) is 27.2 Å². The summed E-state index contributed by atoms with van der Waals surface area (Å²) in [5.41, 5.74) is 0.595. The first-order valence-corrected chi connectivity index (χ1v) is 5.86. The molecule has 3 nitrogen and oxygen atoms in total. The summed E-state index contributed by atoms with van der Waals surface area (Å²) in [5.74, 6) is 0. The maximum atomic E-state index is 10.8. The largest absolute Gasteiger partial charge is 0.295 e. The van der Waals surface area contributed by atoms with Gasteiger partial charge in [0.1, 0.15) is 4.90 Å². The molecule has 0 bridgehead atoms. The third-order valence-electron chi connectivity index (χ3n) is 1.49. The van der Waals surface area contributed by atoms with Crippen molar-refractivity contribution in [1.29, 1.82) is 0 Å². The first kappa shape index (κ1) is 11.0. The van der Waals surface area contributed by atoms with Crippen LogP contribution in [0, 0.1) is 6.92 Å². The molecule has 13 heavy (non-hydrogen) atoms. The van der Waals surface area contributed by atoms with Gasteiger partial charge in [-0.25, -0.2) is 0 Å². The zero-order valence-corrected chi connectivity index (χ0v) is 9.74. The van der Waals surface area contributed by atoms with E-state index in [9.17, 15) is 8.42 Å². The molecule has 1 N–H and O–H groups in total. The van der Waals surface area contributed by atoms with E-state index >= 15 is 0 Å². The van der Waals surface area contributed by atoms with Gasteiger partial charge >= 0.3 is 0 Å². The third-order valence-corrected chi connectivity index (χ3v) is 3.71. The molecule has 0 aliphatic heterocycles. The molecule has 1 aromatic rings. The van der Waals surface area contributed by atoms with E-state index in [1.807, 2.05) is 0 Å².